The predicted molar refractivity (Wildman–Crippen MR) is 116 cm³/mol. The SMILES string of the molecule is CNCCN=c1ccc2c3c1c(O)c1c(O)ccc(=O)c1c3[nH]n2CCNCCO. The minimum absolute atomic E-state index is 0.0536. The zero-order chi connectivity index (χ0) is 21.3. The number of aliphatic hydroxyl groups is 1. The molecule has 9 heteroatoms. The molecule has 30 heavy (non-hydrogen) atoms. The number of hydrogen-bond donors (Lipinski definition) is 6. The van der Waals surface area contributed by atoms with Crippen LogP contribution in [0.15, 0.2) is 34.1 Å². The summed E-state index contributed by atoms with van der Waals surface area (Å²) >= 11 is 0. The number of aromatic amines is 1. The van der Waals surface area contributed by atoms with Crippen LogP contribution in [0.3, 0.4) is 0 Å². The zero-order valence-corrected chi connectivity index (χ0v) is 16.7. The Morgan fingerprint density at radius 1 is 1.03 bits per heavy atom. The average molecular weight is 411 g/mol. The van der Waals surface area contributed by atoms with Crippen LogP contribution in [0, 0.1) is 0 Å². The van der Waals surface area contributed by atoms with Crippen molar-refractivity contribution in [2.24, 2.45) is 4.99 Å². The molecule has 0 aliphatic carbocycles. The third-order valence-corrected chi connectivity index (χ3v) is 5.26. The fourth-order valence-electron chi connectivity index (χ4n) is 3.91. The highest BCUT2D eigenvalue weighted by atomic mass is 16.3. The number of aromatic nitrogens is 2. The molecule has 0 amide bonds. The summed E-state index contributed by atoms with van der Waals surface area (Å²) in [6.07, 6.45) is 0. The Morgan fingerprint density at radius 3 is 2.63 bits per heavy atom. The molecule has 158 valence electrons. The second kappa shape index (κ2) is 8.31. The number of hydrogen-bond acceptors (Lipinski definition) is 7. The van der Waals surface area contributed by atoms with Gasteiger partial charge in [0, 0.05) is 25.0 Å². The van der Waals surface area contributed by atoms with Crippen LogP contribution in [0.5, 0.6) is 11.5 Å². The van der Waals surface area contributed by atoms with Crippen molar-refractivity contribution in [1.29, 1.82) is 0 Å². The number of nitrogens with one attached hydrogen (secondary N) is 3. The highest BCUT2D eigenvalue weighted by Crippen LogP contribution is 2.41. The fourth-order valence-corrected chi connectivity index (χ4v) is 3.91. The van der Waals surface area contributed by atoms with E-state index in [1.54, 1.807) is 0 Å². The van der Waals surface area contributed by atoms with Crippen molar-refractivity contribution in [1.82, 2.24) is 20.4 Å². The molecule has 4 aromatic rings. The van der Waals surface area contributed by atoms with E-state index in [2.05, 4.69) is 20.7 Å². The van der Waals surface area contributed by atoms with E-state index in [9.17, 15) is 15.0 Å². The Balaban J connectivity index is 2.06. The van der Waals surface area contributed by atoms with Crippen molar-refractivity contribution in [3.63, 3.8) is 0 Å². The molecule has 0 spiro atoms. The third kappa shape index (κ3) is 3.26. The molecular formula is C21H25N5O4. The van der Waals surface area contributed by atoms with E-state index in [4.69, 9.17) is 5.11 Å². The molecule has 0 saturated carbocycles. The second-order valence-corrected chi connectivity index (χ2v) is 7.13. The smallest absolute Gasteiger partial charge is 0.189 e. The lowest BCUT2D eigenvalue weighted by Gasteiger charge is -2.09. The van der Waals surface area contributed by atoms with Gasteiger partial charge in [-0.25, -0.2) is 0 Å². The first kappa shape index (κ1) is 20.1. The van der Waals surface area contributed by atoms with E-state index in [1.165, 1.54) is 12.1 Å². The number of nitrogens with zero attached hydrogens (tertiary/aromatic N) is 2. The summed E-state index contributed by atoms with van der Waals surface area (Å²) in [5.41, 5.74) is 1.09. The molecule has 0 aliphatic rings. The van der Waals surface area contributed by atoms with Crippen LogP contribution in [0.4, 0.5) is 0 Å². The Kier molecular flexibility index (Phi) is 5.58. The standard InChI is InChI=1S/C21H25N5O4/c1-22-6-7-24-12-2-3-13-17-16(12)21(30)19-15(29)5-4-14(28)18(19)20(17)25-26(13)10-8-23-9-11-27/h2-5,22-23,25,27,29-30H,6-11H2,1H3. The molecule has 0 aliphatic heterocycles. The highest BCUT2D eigenvalue weighted by molar-refractivity contribution is 6.23. The van der Waals surface area contributed by atoms with Crippen LogP contribution in [-0.2, 0) is 6.54 Å². The van der Waals surface area contributed by atoms with Crippen molar-refractivity contribution >= 4 is 32.6 Å². The van der Waals surface area contributed by atoms with Gasteiger partial charge in [-0.3, -0.25) is 19.6 Å². The maximum Gasteiger partial charge on any atom is 0.189 e. The molecule has 0 unspecified atom stereocenters. The summed E-state index contributed by atoms with van der Waals surface area (Å²) in [5.74, 6) is -0.303. The Morgan fingerprint density at radius 2 is 1.87 bits per heavy atom. The fraction of sp³-hybridized carbons (Fsp3) is 0.333. The van der Waals surface area contributed by atoms with Gasteiger partial charge in [0.25, 0.3) is 0 Å². The maximum absolute atomic E-state index is 12.7. The summed E-state index contributed by atoms with van der Waals surface area (Å²) in [5, 5.41) is 42.1. The molecule has 6 N–H and O–H groups in total. The number of aromatic hydroxyl groups is 2. The first-order chi connectivity index (χ1) is 14.6. The number of fused-ring (bicyclic) bond motifs is 2. The van der Waals surface area contributed by atoms with Crippen molar-refractivity contribution < 1.29 is 15.3 Å². The molecule has 1 heterocycles. The molecule has 1 aromatic heterocycles. The predicted octanol–water partition coefficient (Wildman–Crippen LogP) is 0.187. The highest BCUT2D eigenvalue weighted by Gasteiger charge is 2.21. The van der Waals surface area contributed by atoms with E-state index < -0.39 is 0 Å². The van der Waals surface area contributed by atoms with Gasteiger partial charge in [0.1, 0.15) is 11.5 Å². The summed E-state index contributed by atoms with van der Waals surface area (Å²) in [6.45, 7) is 2.92. The third-order valence-electron chi connectivity index (χ3n) is 5.26. The van der Waals surface area contributed by atoms with Crippen molar-refractivity contribution in [2.45, 2.75) is 6.54 Å². The van der Waals surface area contributed by atoms with Crippen LogP contribution in [-0.4, -0.2) is 64.9 Å². The number of H-pyrrole nitrogens is 1. The first-order valence-electron chi connectivity index (χ1n) is 9.90. The minimum Gasteiger partial charge on any atom is -0.507 e. The van der Waals surface area contributed by atoms with E-state index in [0.29, 0.717) is 54.4 Å². The number of phenols is 2. The summed E-state index contributed by atoms with van der Waals surface area (Å²) in [4.78, 5) is 17.3. The van der Waals surface area contributed by atoms with Crippen molar-refractivity contribution in [3.8, 4) is 11.5 Å². The first-order valence-corrected chi connectivity index (χ1v) is 9.90. The van der Waals surface area contributed by atoms with Gasteiger partial charge in [0.2, 0.25) is 0 Å². The average Bonchev–Trinajstić information content (AvgIpc) is 3.10. The number of benzene rings is 3. The number of aliphatic hydroxyl groups excluding tert-OH is 1. The monoisotopic (exact) mass is 411 g/mol. The van der Waals surface area contributed by atoms with Crippen LogP contribution < -0.4 is 21.4 Å². The maximum atomic E-state index is 12.7. The lowest BCUT2D eigenvalue weighted by molar-refractivity contribution is 0.291. The Bertz CT molecular complexity index is 1320. The molecule has 9 nitrogen and oxygen atoms in total. The van der Waals surface area contributed by atoms with Gasteiger partial charge >= 0.3 is 0 Å². The molecule has 3 aromatic carbocycles. The topological polar surface area (TPSA) is 135 Å². The van der Waals surface area contributed by atoms with Gasteiger partial charge in [-0.05, 0) is 31.3 Å². The van der Waals surface area contributed by atoms with Crippen molar-refractivity contribution in [3.05, 3.63) is 39.8 Å². The van der Waals surface area contributed by atoms with E-state index in [-0.39, 0.29) is 34.3 Å². The zero-order valence-electron chi connectivity index (χ0n) is 16.7. The van der Waals surface area contributed by atoms with Gasteiger partial charge in [0.05, 0.1) is 52.2 Å². The van der Waals surface area contributed by atoms with Gasteiger partial charge in [-0.2, -0.15) is 0 Å². The molecule has 0 atom stereocenters. The molecule has 0 bridgehead atoms. The van der Waals surface area contributed by atoms with Crippen LogP contribution in [0.1, 0.15) is 0 Å². The van der Waals surface area contributed by atoms with Gasteiger partial charge in [-0.1, -0.05) is 0 Å². The number of likely N-dealkylation sites (N-methyl/N-ethyl adjacent to an activating group) is 1. The van der Waals surface area contributed by atoms with Crippen LogP contribution in [0.25, 0.3) is 32.6 Å². The van der Waals surface area contributed by atoms with Crippen molar-refractivity contribution in [2.75, 3.05) is 39.8 Å². The number of rotatable bonds is 8. The van der Waals surface area contributed by atoms with Gasteiger partial charge in [-0.15, -0.1) is 0 Å². The summed E-state index contributed by atoms with van der Waals surface area (Å²) < 4.78 is 1.89. The summed E-state index contributed by atoms with van der Waals surface area (Å²) in [6, 6.07) is 6.35. The molecule has 0 fully saturated rings. The molecule has 0 saturated heterocycles. The summed E-state index contributed by atoms with van der Waals surface area (Å²) in [7, 11) is 1.84. The Hall–Kier alpha value is -3.14. The normalized spacial score (nSPS) is 12.7. The largest absolute Gasteiger partial charge is 0.507 e. The minimum atomic E-state index is -0.286. The second-order valence-electron chi connectivity index (χ2n) is 7.13. The van der Waals surface area contributed by atoms with Crippen LogP contribution >= 0.6 is 0 Å². The van der Waals surface area contributed by atoms with E-state index in [1.807, 2.05) is 23.9 Å². The van der Waals surface area contributed by atoms with E-state index in [0.717, 1.165) is 5.52 Å². The lowest BCUT2D eigenvalue weighted by Crippen LogP contribution is -2.23. The van der Waals surface area contributed by atoms with Crippen LogP contribution in [0.2, 0.25) is 0 Å². The quantitative estimate of drug-likeness (QED) is 0.181. The van der Waals surface area contributed by atoms with E-state index >= 15 is 0 Å². The lowest BCUT2D eigenvalue weighted by atomic mass is 9.99. The molecule has 4 rings (SSSR count). The van der Waals surface area contributed by atoms with Gasteiger partial charge < -0.3 is 26.0 Å². The molecular weight excluding hydrogens is 386 g/mol. The number of phenolic OH excluding ortho intramolecular Hbond substituents is 2. The van der Waals surface area contributed by atoms with Gasteiger partial charge in [0.15, 0.2) is 5.43 Å². The molecule has 0 radical (unpaired) electrons. The Labute approximate surface area is 171 Å².